The van der Waals surface area contributed by atoms with Crippen LogP contribution in [0.2, 0.25) is 0 Å². The van der Waals surface area contributed by atoms with Gasteiger partial charge in [0.2, 0.25) is 5.91 Å². The van der Waals surface area contributed by atoms with E-state index in [1.807, 2.05) is 0 Å². The van der Waals surface area contributed by atoms with Crippen molar-refractivity contribution in [2.24, 2.45) is 11.8 Å². The number of carbonyl (C=O) groups is 1. The van der Waals surface area contributed by atoms with Gasteiger partial charge in [-0.25, -0.2) is 0 Å². The molecule has 3 nitrogen and oxygen atoms in total. The van der Waals surface area contributed by atoms with E-state index >= 15 is 0 Å². The molecule has 1 amide bonds. The van der Waals surface area contributed by atoms with E-state index in [4.69, 9.17) is 0 Å². The van der Waals surface area contributed by atoms with Gasteiger partial charge in [0.25, 0.3) is 0 Å². The molecule has 0 spiro atoms. The van der Waals surface area contributed by atoms with Crippen molar-refractivity contribution in [1.82, 2.24) is 10.6 Å². The summed E-state index contributed by atoms with van der Waals surface area (Å²) in [7, 11) is 0. The van der Waals surface area contributed by atoms with Gasteiger partial charge in [-0.1, -0.05) is 6.92 Å². The molecule has 13 heavy (non-hydrogen) atoms. The smallest absolute Gasteiger partial charge is 0.224 e. The maximum absolute atomic E-state index is 11.5. The molecule has 3 atom stereocenters. The minimum absolute atomic E-state index is 0. The highest BCUT2D eigenvalue weighted by molar-refractivity contribution is 5.85. The maximum Gasteiger partial charge on any atom is 0.224 e. The van der Waals surface area contributed by atoms with Crippen LogP contribution < -0.4 is 10.6 Å². The zero-order valence-corrected chi connectivity index (χ0v) is 8.69. The molecule has 2 N–H and O–H groups in total. The summed E-state index contributed by atoms with van der Waals surface area (Å²) in [6, 6.07) is 0.484. The molecule has 1 saturated heterocycles. The van der Waals surface area contributed by atoms with Crippen LogP contribution in [0, 0.1) is 11.8 Å². The lowest BCUT2D eigenvalue weighted by molar-refractivity contribution is -0.124. The van der Waals surface area contributed by atoms with Crippen LogP contribution in [0.15, 0.2) is 0 Å². The molecule has 76 valence electrons. The van der Waals surface area contributed by atoms with Gasteiger partial charge in [-0.05, 0) is 25.3 Å². The molecule has 0 aromatic carbocycles. The van der Waals surface area contributed by atoms with E-state index in [9.17, 15) is 4.79 Å². The van der Waals surface area contributed by atoms with E-state index < -0.39 is 0 Å². The highest BCUT2D eigenvalue weighted by atomic mass is 35.5. The molecule has 4 heteroatoms. The van der Waals surface area contributed by atoms with Crippen molar-refractivity contribution < 1.29 is 4.79 Å². The van der Waals surface area contributed by atoms with Crippen LogP contribution in [0.25, 0.3) is 0 Å². The van der Waals surface area contributed by atoms with Crippen LogP contribution in [0.4, 0.5) is 0 Å². The topological polar surface area (TPSA) is 41.1 Å². The van der Waals surface area contributed by atoms with E-state index in [0.717, 1.165) is 19.5 Å². The summed E-state index contributed by atoms with van der Waals surface area (Å²) in [5.41, 5.74) is 0. The summed E-state index contributed by atoms with van der Waals surface area (Å²) < 4.78 is 0. The van der Waals surface area contributed by atoms with Gasteiger partial charge in [0.05, 0.1) is 5.92 Å². The van der Waals surface area contributed by atoms with Gasteiger partial charge >= 0.3 is 0 Å². The van der Waals surface area contributed by atoms with E-state index in [-0.39, 0.29) is 24.2 Å². The fraction of sp³-hybridized carbons (Fsp3) is 0.889. The monoisotopic (exact) mass is 204 g/mol. The molecule has 2 fully saturated rings. The van der Waals surface area contributed by atoms with Gasteiger partial charge in [-0.2, -0.15) is 0 Å². The Morgan fingerprint density at radius 1 is 1.54 bits per heavy atom. The largest absolute Gasteiger partial charge is 0.353 e. The summed E-state index contributed by atoms with van der Waals surface area (Å²) in [4.78, 5) is 11.5. The fourth-order valence-electron chi connectivity index (χ4n) is 1.70. The number of halogens is 1. The van der Waals surface area contributed by atoms with Gasteiger partial charge in [-0.3, -0.25) is 4.79 Å². The molecule has 2 aliphatic rings. The average molecular weight is 205 g/mol. The van der Waals surface area contributed by atoms with Crippen molar-refractivity contribution in [2.75, 3.05) is 13.1 Å². The number of carbonyl (C=O) groups excluding carboxylic acids is 1. The summed E-state index contributed by atoms with van der Waals surface area (Å²) in [5.74, 6) is 1.20. The Morgan fingerprint density at radius 2 is 2.23 bits per heavy atom. The molecule has 2 unspecified atom stereocenters. The maximum atomic E-state index is 11.5. The fourth-order valence-corrected chi connectivity index (χ4v) is 1.70. The third-order valence-electron chi connectivity index (χ3n) is 2.87. The summed E-state index contributed by atoms with van der Waals surface area (Å²) in [5, 5.41) is 6.26. The molecule has 0 bridgehead atoms. The van der Waals surface area contributed by atoms with Crippen molar-refractivity contribution in [3.8, 4) is 0 Å². The number of hydrogen-bond acceptors (Lipinski definition) is 2. The molecule has 1 aliphatic carbocycles. The minimum Gasteiger partial charge on any atom is -0.353 e. The lowest BCUT2D eigenvalue weighted by Gasteiger charge is -2.08. The Bertz CT molecular complexity index is 192. The van der Waals surface area contributed by atoms with Gasteiger partial charge in [0.1, 0.15) is 0 Å². The molecule has 2 rings (SSSR count). The second-order valence-electron chi connectivity index (χ2n) is 4.02. The Hall–Kier alpha value is -0.280. The quantitative estimate of drug-likeness (QED) is 0.690. The Balaban J connectivity index is 0.000000845. The van der Waals surface area contributed by atoms with Crippen molar-refractivity contribution in [2.45, 2.75) is 25.8 Å². The number of hydrogen-bond donors (Lipinski definition) is 2. The molecular weight excluding hydrogens is 188 g/mol. The standard InChI is InChI=1S/C9H16N2O.ClH/c1-6-4-8(6)11-9(12)7-2-3-10-5-7;/h6-8,10H,2-5H2,1H3,(H,11,12);1H/t6?,7-,8?;/m0./s1. The molecule has 0 aromatic rings. The van der Waals surface area contributed by atoms with Crippen molar-refractivity contribution in [1.29, 1.82) is 0 Å². The van der Waals surface area contributed by atoms with Crippen LogP contribution in [-0.2, 0) is 4.79 Å². The zero-order valence-electron chi connectivity index (χ0n) is 7.88. The van der Waals surface area contributed by atoms with Crippen LogP contribution in [0.3, 0.4) is 0 Å². The second-order valence-corrected chi connectivity index (χ2v) is 4.02. The number of rotatable bonds is 2. The van der Waals surface area contributed by atoms with Crippen LogP contribution >= 0.6 is 12.4 Å². The summed E-state index contributed by atoms with van der Waals surface area (Å²) >= 11 is 0. The van der Waals surface area contributed by atoms with Crippen LogP contribution in [0.1, 0.15) is 19.8 Å². The van der Waals surface area contributed by atoms with Gasteiger partial charge in [-0.15, -0.1) is 12.4 Å². The number of nitrogens with one attached hydrogen (secondary N) is 2. The van der Waals surface area contributed by atoms with Gasteiger partial charge in [0.15, 0.2) is 0 Å². The lowest BCUT2D eigenvalue weighted by atomic mass is 10.1. The SMILES string of the molecule is CC1CC1NC(=O)[C@H]1CCNC1.Cl. The normalized spacial score (nSPS) is 36.5. The van der Waals surface area contributed by atoms with E-state index in [1.165, 1.54) is 6.42 Å². The minimum atomic E-state index is 0. The predicted octanol–water partition coefficient (Wildman–Crippen LogP) is 0.542. The van der Waals surface area contributed by atoms with Crippen molar-refractivity contribution in [3.05, 3.63) is 0 Å². The lowest BCUT2D eigenvalue weighted by Crippen LogP contribution is -2.34. The third-order valence-corrected chi connectivity index (χ3v) is 2.87. The highest BCUT2D eigenvalue weighted by Crippen LogP contribution is 2.29. The van der Waals surface area contributed by atoms with Crippen molar-refractivity contribution in [3.63, 3.8) is 0 Å². The molecule has 1 saturated carbocycles. The Morgan fingerprint density at radius 3 is 2.69 bits per heavy atom. The first-order chi connectivity index (χ1) is 5.77. The predicted molar refractivity (Wildman–Crippen MR) is 53.9 cm³/mol. The molecule has 0 aromatic heterocycles. The Labute approximate surface area is 85.1 Å². The van der Waals surface area contributed by atoms with Crippen LogP contribution in [-0.4, -0.2) is 25.0 Å². The average Bonchev–Trinajstić information content (AvgIpc) is 2.58. The first-order valence-corrected chi connectivity index (χ1v) is 4.78. The third kappa shape index (κ3) is 2.58. The summed E-state index contributed by atoms with van der Waals surface area (Å²) in [6.07, 6.45) is 2.18. The Kier molecular flexibility index (Phi) is 3.56. The second kappa shape index (κ2) is 4.29. The first kappa shape index (κ1) is 10.8. The molecular formula is C9H17ClN2O. The molecule has 1 heterocycles. The van der Waals surface area contributed by atoms with Crippen LogP contribution in [0.5, 0.6) is 0 Å². The number of amides is 1. The first-order valence-electron chi connectivity index (χ1n) is 4.78. The summed E-state index contributed by atoms with van der Waals surface area (Å²) in [6.45, 7) is 4.04. The van der Waals surface area contributed by atoms with E-state index in [0.29, 0.717) is 12.0 Å². The van der Waals surface area contributed by atoms with E-state index in [2.05, 4.69) is 17.6 Å². The van der Waals surface area contributed by atoms with E-state index in [1.54, 1.807) is 0 Å². The molecule has 1 aliphatic heterocycles. The van der Waals surface area contributed by atoms with Gasteiger partial charge in [0, 0.05) is 12.6 Å². The van der Waals surface area contributed by atoms with Gasteiger partial charge < -0.3 is 10.6 Å². The molecule has 0 radical (unpaired) electrons. The highest BCUT2D eigenvalue weighted by Gasteiger charge is 2.35. The van der Waals surface area contributed by atoms with Crippen molar-refractivity contribution >= 4 is 18.3 Å². The zero-order chi connectivity index (χ0) is 8.55.